The molecule has 0 aliphatic carbocycles. The summed E-state index contributed by atoms with van der Waals surface area (Å²) in [4.78, 5) is 10.4. The van der Waals surface area contributed by atoms with Gasteiger partial charge in [-0.05, 0) is 24.5 Å². The summed E-state index contributed by atoms with van der Waals surface area (Å²) in [6.07, 6.45) is 2.06. The Morgan fingerprint density at radius 3 is 2.71 bits per heavy atom. The predicted molar refractivity (Wildman–Crippen MR) is 68.2 cm³/mol. The molecule has 90 valence electrons. The maximum Gasteiger partial charge on any atom is 0.270 e. The first kappa shape index (κ1) is 11.6. The molecule has 0 aliphatic rings. The average molecular weight is 232 g/mol. The topological polar surface area (TPSA) is 48.1 Å². The first-order valence-corrected chi connectivity index (χ1v) is 5.73. The molecule has 0 bridgehead atoms. The average Bonchev–Trinajstić information content (AvgIpc) is 2.54. The van der Waals surface area contributed by atoms with Crippen LogP contribution in [-0.2, 0) is 6.54 Å². The molecule has 0 N–H and O–H groups in total. The number of hydrogen-bond acceptors (Lipinski definition) is 2. The highest BCUT2D eigenvalue weighted by molar-refractivity contribution is 5.85. The van der Waals surface area contributed by atoms with Crippen molar-refractivity contribution in [1.82, 2.24) is 4.57 Å². The summed E-state index contributed by atoms with van der Waals surface area (Å²) in [6, 6.07) is 5.06. The second-order valence-electron chi connectivity index (χ2n) is 4.82. The van der Waals surface area contributed by atoms with Gasteiger partial charge >= 0.3 is 0 Å². The van der Waals surface area contributed by atoms with Gasteiger partial charge in [0, 0.05) is 35.8 Å². The number of hydrogen-bond donors (Lipinski definition) is 0. The van der Waals surface area contributed by atoms with Crippen LogP contribution in [-0.4, -0.2) is 9.49 Å². The van der Waals surface area contributed by atoms with Crippen LogP contribution < -0.4 is 0 Å². The standard InChI is InChI=1S/C13H16N2O2/c1-9(2)7-14-8-10(3)12-6-11(15(16)17)4-5-13(12)14/h4-6,8-9H,7H2,1-3H3. The van der Waals surface area contributed by atoms with Crippen molar-refractivity contribution in [3.8, 4) is 0 Å². The van der Waals surface area contributed by atoms with E-state index in [0.717, 1.165) is 23.0 Å². The first-order chi connectivity index (χ1) is 7.99. The molecule has 1 heterocycles. The molecule has 4 nitrogen and oxygen atoms in total. The largest absolute Gasteiger partial charge is 0.347 e. The number of aromatic nitrogens is 1. The fourth-order valence-electron chi connectivity index (χ4n) is 2.12. The zero-order valence-corrected chi connectivity index (χ0v) is 10.3. The van der Waals surface area contributed by atoms with Gasteiger partial charge in [0.15, 0.2) is 0 Å². The van der Waals surface area contributed by atoms with Gasteiger partial charge < -0.3 is 4.57 Å². The van der Waals surface area contributed by atoms with Crippen molar-refractivity contribution in [3.05, 3.63) is 40.1 Å². The summed E-state index contributed by atoms with van der Waals surface area (Å²) in [7, 11) is 0. The van der Waals surface area contributed by atoms with E-state index in [1.165, 1.54) is 0 Å². The van der Waals surface area contributed by atoms with E-state index < -0.39 is 0 Å². The smallest absolute Gasteiger partial charge is 0.270 e. The molecule has 0 saturated carbocycles. The Hall–Kier alpha value is -1.84. The van der Waals surface area contributed by atoms with E-state index in [1.54, 1.807) is 12.1 Å². The minimum atomic E-state index is -0.349. The highest BCUT2D eigenvalue weighted by Gasteiger charge is 2.11. The summed E-state index contributed by atoms with van der Waals surface area (Å²) < 4.78 is 2.17. The molecule has 4 heteroatoms. The Balaban J connectivity index is 2.57. The number of nitrogens with zero attached hydrogens (tertiary/aromatic N) is 2. The van der Waals surface area contributed by atoms with Crippen LogP contribution in [0.25, 0.3) is 10.9 Å². The molecule has 2 aromatic rings. The number of rotatable bonds is 3. The van der Waals surface area contributed by atoms with Crippen molar-refractivity contribution in [1.29, 1.82) is 0 Å². The Kier molecular flexibility index (Phi) is 2.88. The van der Waals surface area contributed by atoms with Gasteiger partial charge in [-0.25, -0.2) is 0 Å². The Morgan fingerprint density at radius 2 is 2.12 bits per heavy atom. The quantitative estimate of drug-likeness (QED) is 0.600. The fraction of sp³-hybridized carbons (Fsp3) is 0.385. The Bertz CT molecular complexity index is 570. The summed E-state index contributed by atoms with van der Waals surface area (Å²) in [5.41, 5.74) is 2.31. The Morgan fingerprint density at radius 1 is 1.41 bits per heavy atom. The van der Waals surface area contributed by atoms with Gasteiger partial charge in [-0.15, -0.1) is 0 Å². The van der Waals surface area contributed by atoms with Crippen molar-refractivity contribution in [2.75, 3.05) is 0 Å². The van der Waals surface area contributed by atoms with Crippen LogP contribution in [0.15, 0.2) is 24.4 Å². The summed E-state index contributed by atoms with van der Waals surface area (Å²) in [5, 5.41) is 11.7. The molecule has 0 radical (unpaired) electrons. The minimum absolute atomic E-state index is 0.155. The van der Waals surface area contributed by atoms with E-state index in [1.807, 2.05) is 13.0 Å². The maximum absolute atomic E-state index is 10.7. The highest BCUT2D eigenvalue weighted by atomic mass is 16.6. The molecule has 1 aromatic heterocycles. The second-order valence-corrected chi connectivity index (χ2v) is 4.82. The number of non-ortho nitro benzene ring substituents is 1. The lowest BCUT2D eigenvalue weighted by atomic mass is 10.2. The van der Waals surface area contributed by atoms with Crippen molar-refractivity contribution in [2.45, 2.75) is 27.3 Å². The number of nitro benzene ring substituents is 1. The molecule has 0 amide bonds. The zero-order valence-electron chi connectivity index (χ0n) is 10.3. The summed E-state index contributed by atoms with van der Waals surface area (Å²) >= 11 is 0. The Labute approximate surface area is 100 Å². The first-order valence-electron chi connectivity index (χ1n) is 5.73. The molecule has 2 rings (SSSR count). The van der Waals surface area contributed by atoms with Crippen LogP contribution in [0, 0.1) is 23.0 Å². The van der Waals surface area contributed by atoms with Gasteiger partial charge in [-0.2, -0.15) is 0 Å². The number of benzene rings is 1. The van der Waals surface area contributed by atoms with Gasteiger partial charge in [0.2, 0.25) is 0 Å². The third-order valence-corrected chi connectivity index (χ3v) is 2.84. The van der Waals surface area contributed by atoms with Crippen LogP contribution in [0.5, 0.6) is 0 Å². The monoisotopic (exact) mass is 232 g/mol. The minimum Gasteiger partial charge on any atom is -0.347 e. The van der Waals surface area contributed by atoms with Crippen LogP contribution in [0.3, 0.4) is 0 Å². The van der Waals surface area contributed by atoms with E-state index >= 15 is 0 Å². The van der Waals surface area contributed by atoms with Crippen molar-refractivity contribution in [2.24, 2.45) is 5.92 Å². The SMILES string of the molecule is Cc1cn(CC(C)C)c2ccc([N+](=O)[O-])cc12. The number of fused-ring (bicyclic) bond motifs is 1. The number of aryl methyl sites for hydroxylation is 1. The van der Waals surface area contributed by atoms with Gasteiger partial charge in [0.05, 0.1) is 4.92 Å². The third kappa shape index (κ3) is 2.16. The lowest BCUT2D eigenvalue weighted by molar-refractivity contribution is -0.384. The zero-order chi connectivity index (χ0) is 12.6. The second kappa shape index (κ2) is 4.20. The van der Waals surface area contributed by atoms with Crippen LogP contribution in [0.4, 0.5) is 5.69 Å². The fourth-order valence-corrected chi connectivity index (χ4v) is 2.12. The van der Waals surface area contributed by atoms with Crippen LogP contribution in [0.1, 0.15) is 19.4 Å². The molecule has 0 saturated heterocycles. The van der Waals surface area contributed by atoms with E-state index in [9.17, 15) is 10.1 Å². The van der Waals surface area contributed by atoms with Crippen molar-refractivity contribution >= 4 is 16.6 Å². The third-order valence-electron chi connectivity index (χ3n) is 2.84. The molecule has 1 aromatic carbocycles. The maximum atomic E-state index is 10.7. The molecule has 0 atom stereocenters. The molecule has 0 fully saturated rings. The lowest BCUT2D eigenvalue weighted by Crippen LogP contribution is -2.02. The lowest BCUT2D eigenvalue weighted by Gasteiger charge is -2.07. The highest BCUT2D eigenvalue weighted by Crippen LogP contribution is 2.26. The van der Waals surface area contributed by atoms with Crippen molar-refractivity contribution < 1.29 is 4.92 Å². The van der Waals surface area contributed by atoms with Gasteiger partial charge in [-0.1, -0.05) is 13.8 Å². The van der Waals surface area contributed by atoms with Gasteiger partial charge in [-0.3, -0.25) is 10.1 Å². The molecule has 0 spiro atoms. The van der Waals surface area contributed by atoms with E-state index in [-0.39, 0.29) is 10.6 Å². The molecule has 0 unspecified atom stereocenters. The summed E-state index contributed by atoms with van der Waals surface area (Å²) in [5.74, 6) is 0.556. The van der Waals surface area contributed by atoms with Gasteiger partial charge in [0.25, 0.3) is 5.69 Å². The van der Waals surface area contributed by atoms with Gasteiger partial charge in [0.1, 0.15) is 0 Å². The van der Waals surface area contributed by atoms with Crippen LogP contribution in [0.2, 0.25) is 0 Å². The molecular weight excluding hydrogens is 216 g/mol. The summed E-state index contributed by atoms with van der Waals surface area (Å²) in [6.45, 7) is 7.24. The normalized spacial score (nSPS) is 11.3. The molecule has 17 heavy (non-hydrogen) atoms. The van der Waals surface area contributed by atoms with Crippen LogP contribution >= 0.6 is 0 Å². The predicted octanol–water partition coefficient (Wildman–Crippen LogP) is 3.51. The van der Waals surface area contributed by atoms with E-state index in [0.29, 0.717) is 5.92 Å². The van der Waals surface area contributed by atoms with E-state index in [2.05, 4.69) is 24.6 Å². The van der Waals surface area contributed by atoms with E-state index in [4.69, 9.17) is 0 Å². The molecular formula is C13H16N2O2. The molecule has 0 aliphatic heterocycles. The van der Waals surface area contributed by atoms with Crippen molar-refractivity contribution in [3.63, 3.8) is 0 Å². The number of nitro groups is 1.